The second-order valence-corrected chi connectivity index (χ2v) is 8.18. The van der Waals surface area contributed by atoms with Crippen molar-refractivity contribution in [3.05, 3.63) is 47.5 Å². The molecule has 0 aliphatic carbocycles. The van der Waals surface area contributed by atoms with Crippen LogP contribution in [0.4, 0.5) is 5.82 Å². The van der Waals surface area contributed by atoms with Crippen LogP contribution in [-0.4, -0.2) is 50.1 Å². The summed E-state index contributed by atoms with van der Waals surface area (Å²) in [5, 5.41) is 8.52. The SMILES string of the molecule is C#CC=O.CCCN(CCNC)Cc1cc(C)c2c(NSc3ccccc3OC)noc2c1. The number of methoxy groups -OCH3 is 1. The van der Waals surface area contributed by atoms with Gasteiger partial charge in [0.15, 0.2) is 17.7 Å². The molecule has 0 aliphatic rings. The van der Waals surface area contributed by atoms with Crippen molar-refractivity contribution in [2.45, 2.75) is 31.7 Å². The monoisotopic (exact) mass is 468 g/mol. The number of rotatable bonds is 11. The van der Waals surface area contributed by atoms with E-state index in [-0.39, 0.29) is 0 Å². The summed E-state index contributed by atoms with van der Waals surface area (Å²) >= 11 is 1.47. The van der Waals surface area contributed by atoms with Gasteiger partial charge in [-0.1, -0.05) is 30.3 Å². The molecule has 0 bridgehead atoms. The minimum absolute atomic E-state index is 0.403. The molecule has 0 amide bonds. The Labute approximate surface area is 200 Å². The molecule has 33 heavy (non-hydrogen) atoms. The molecular weight excluding hydrogens is 436 g/mol. The average Bonchev–Trinajstić information content (AvgIpc) is 3.25. The van der Waals surface area contributed by atoms with Crippen molar-refractivity contribution in [3.8, 4) is 18.1 Å². The number of benzene rings is 2. The first-order valence-electron chi connectivity index (χ1n) is 10.8. The molecule has 2 aromatic carbocycles. The highest BCUT2D eigenvalue weighted by Gasteiger charge is 2.15. The van der Waals surface area contributed by atoms with Crippen molar-refractivity contribution in [3.63, 3.8) is 0 Å². The summed E-state index contributed by atoms with van der Waals surface area (Å²) in [7, 11) is 3.67. The van der Waals surface area contributed by atoms with E-state index < -0.39 is 0 Å². The smallest absolute Gasteiger partial charge is 0.192 e. The molecule has 0 saturated heterocycles. The average molecular weight is 469 g/mol. The molecule has 3 aromatic rings. The van der Waals surface area contributed by atoms with Crippen LogP contribution in [-0.2, 0) is 11.3 Å². The number of hydrogen-bond acceptors (Lipinski definition) is 8. The minimum atomic E-state index is 0.403. The zero-order valence-electron chi connectivity index (χ0n) is 19.7. The summed E-state index contributed by atoms with van der Waals surface area (Å²) in [5.74, 6) is 3.31. The Morgan fingerprint density at radius 1 is 1.30 bits per heavy atom. The van der Waals surface area contributed by atoms with Crippen molar-refractivity contribution in [1.82, 2.24) is 15.4 Å². The number of hydrogen-bond donors (Lipinski definition) is 2. The standard InChI is InChI=1S/C22H30N4O2S.C3H2O/c1-5-11-26(12-10-23-3)15-17-13-16(2)21-19(14-17)28-24-22(21)25-29-20-9-7-6-8-18(20)27-4;1-2-3-4/h6-9,13-14,23H,5,10-12,15H2,1-4H3,(H,24,25);1,3H. The van der Waals surface area contributed by atoms with E-state index in [2.05, 4.69) is 52.5 Å². The largest absolute Gasteiger partial charge is 0.496 e. The van der Waals surface area contributed by atoms with Gasteiger partial charge in [-0.25, -0.2) is 0 Å². The van der Waals surface area contributed by atoms with Gasteiger partial charge in [-0.2, -0.15) is 0 Å². The number of ether oxygens (including phenoxy) is 1. The maximum absolute atomic E-state index is 8.94. The summed E-state index contributed by atoms with van der Waals surface area (Å²) < 4.78 is 14.4. The quantitative estimate of drug-likeness (QED) is 0.242. The molecule has 0 saturated carbocycles. The zero-order chi connectivity index (χ0) is 24.1. The number of aromatic nitrogens is 1. The highest BCUT2D eigenvalue weighted by Crippen LogP contribution is 2.34. The number of nitrogens with zero attached hydrogens (tertiary/aromatic N) is 2. The van der Waals surface area contributed by atoms with E-state index in [0.717, 1.165) is 65.6 Å². The number of aldehydes is 1. The predicted molar refractivity (Wildman–Crippen MR) is 136 cm³/mol. The van der Waals surface area contributed by atoms with E-state index in [0.29, 0.717) is 6.29 Å². The third kappa shape index (κ3) is 7.82. The lowest BCUT2D eigenvalue weighted by Gasteiger charge is -2.21. The summed E-state index contributed by atoms with van der Waals surface area (Å²) in [6, 6.07) is 12.2. The molecular formula is C25H32N4O3S. The van der Waals surface area contributed by atoms with Gasteiger partial charge in [-0.15, -0.1) is 6.42 Å². The molecule has 8 heteroatoms. The Morgan fingerprint density at radius 3 is 2.73 bits per heavy atom. The number of carbonyl (C=O) groups is 1. The van der Waals surface area contributed by atoms with E-state index in [9.17, 15) is 0 Å². The Hall–Kier alpha value is -2.99. The van der Waals surface area contributed by atoms with Crippen LogP contribution in [0.1, 0.15) is 24.5 Å². The molecule has 2 N–H and O–H groups in total. The number of nitrogens with one attached hydrogen (secondary N) is 2. The van der Waals surface area contributed by atoms with Crippen LogP contribution in [0.3, 0.4) is 0 Å². The molecule has 0 radical (unpaired) electrons. The summed E-state index contributed by atoms with van der Waals surface area (Å²) in [5.41, 5.74) is 3.22. The van der Waals surface area contributed by atoms with Gasteiger partial charge in [0.2, 0.25) is 0 Å². The van der Waals surface area contributed by atoms with Crippen LogP contribution in [0, 0.1) is 19.3 Å². The van der Waals surface area contributed by atoms with Crippen LogP contribution >= 0.6 is 11.9 Å². The van der Waals surface area contributed by atoms with Crippen molar-refractivity contribution in [2.75, 3.05) is 38.5 Å². The van der Waals surface area contributed by atoms with Gasteiger partial charge >= 0.3 is 0 Å². The first-order chi connectivity index (χ1) is 16.1. The molecule has 0 aliphatic heterocycles. The van der Waals surface area contributed by atoms with E-state index in [1.165, 1.54) is 17.5 Å². The van der Waals surface area contributed by atoms with Crippen LogP contribution in [0.2, 0.25) is 0 Å². The molecule has 0 unspecified atom stereocenters. The lowest BCUT2D eigenvalue weighted by molar-refractivity contribution is -0.103. The highest BCUT2D eigenvalue weighted by atomic mass is 32.2. The normalized spacial score (nSPS) is 10.4. The van der Waals surface area contributed by atoms with E-state index in [1.54, 1.807) is 13.0 Å². The van der Waals surface area contributed by atoms with Crippen LogP contribution in [0.15, 0.2) is 45.8 Å². The summed E-state index contributed by atoms with van der Waals surface area (Å²) in [6.07, 6.45) is 5.95. The zero-order valence-corrected chi connectivity index (χ0v) is 20.5. The fourth-order valence-corrected chi connectivity index (χ4v) is 4.17. The number of anilines is 1. The third-order valence-electron chi connectivity index (χ3n) is 4.85. The fraction of sp³-hybridized carbons (Fsp3) is 0.360. The van der Waals surface area contributed by atoms with Crippen molar-refractivity contribution in [1.29, 1.82) is 0 Å². The van der Waals surface area contributed by atoms with Crippen LogP contribution in [0.5, 0.6) is 5.75 Å². The Balaban J connectivity index is 0.000000890. The molecule has 3 rings (SSSR count). The van der Waals surface area contributed by atoms with Gasteiger partial charge in [-0.3, -0.25) is 9.69 Å². The second-order valence-electron chi connectivity index (χ2n) is 7.34. The van der Waals surface area contributed by atoms with Gasteiger partial charge < -0.3 is 19.3 Å². The van der Waals surface area contributed by atoms with E-state index in [4.69, 9.17) is 14.1 Å². The predicted octanol–water partition coefficient (Wildman–Crippen LogP) is 4.51. The van der Waals surface area contributed by atoms with Crippen LogP contribution < -0.4 is 14.8 Å². The van der Waals surface area contributed by atoms with E-state index >= 15 is 0 Å². The minimum Gasteiger partial charge on any atom is -0.496 e. The number of likely N-dealkylation sites (N-methyl/N-ethyl adjacent to an activating group) is 1. The number of terminal acetylenes is 1. The molecule has 1 heterocycles. The maximum Gasteiger partial charge on any atom is 0.192 e. The molecule has 0 spiro atoms. The maximum atomic E-state index is 8.94. The Kier molecular flexibility index (Phi) is 11.3. The number of carbonyl (C=O) groups excluding carboxylic acids is 1. The van der Waals surface area contributed by atoms with Gasteiger partial charge in [-0.05, 0) is 74.1 Å². The Morgan fingerprint density at radius 2 is 2.06 bits per heavy atom. The number of aryl methyl sites for hydroxylation is 1. The van der Waals surface area contributed by atoms with Crippen molar-refractivity contribution >= 4 is 35.0 Å². The highest BCUT2D eigenvalue weighted by molar-refractivity contribution is 8.00. The topological polar surface area (TPSA) is 79.6 Å². The molecule has 0 atom stereocenters. The first kappa shape index (κ1) is 26.3. The Bertz CT molecular complexity index is 1060. The number of para-hydroxylation sites is 1. The molecule has 7 nitrogen and oxygen atoms in total. The second kappa shape index (κ2) is 14.2. The van der Waals surface area contributed by atoms with Gasteiger partial charge in [0.05, 0.1) is 17.4 Å². The lowest BCUT2D eigenvalue weighted by Crippen LogP contribution is -2.31. The first-order valence-corrected chi connectivity index (χ1v) is 11.6. The van der Waals surface area contributed by atoms with Crippen LogP contribution in [0.25, 0.3) is 11.0 Å². The summed E-state index contributed by atoms with van der Waals surface area (Å²) in [6.45, 7) is 8.33. The van der Waals surface area contributed by atoms with Gasteiger partial charge in [0.25, 0.3) is 0 Å². The fourth-order valence-electron chi connectivity index (χ4n) is 3.42. The number of fused-ring (bicyclic) bond motifs is 1. The van der Waals surface area contributed by atoms with Gasteiger partial charge in [0.1, 0.15) is 5.75 Å². The molecule has 1 aromatic heterocycles. The van der Waals surface area contributed by atoms with Crippen molar-refractivity contribution in [2.24, 2.45) is 0 Å². The lowest BCUT2D eigenvalue weighted by atomic mass is 10.1. The van der Waals surface area contributed by atoms with Gasteiger partial charge in [0, 0.05) is 19.6 Å². The molecule has 176 valence electrons. The van der Waals surface area contributed by atoms with Crippen molar-refractivity contribution < 1.29 is 14.1 Å². The van der Waals surface area contributed by atoms with E-state index in [1.807, 2.05) is 31.3 Å². The third-order valence-corrected chi connectivity index (χ3v) is 5.70. The molecule has 0 fully saturated rings. The summed E-state index contributed by atoms with van der Waals surface area (Å²) in [4.78, 5) is 12.4.